The highest BCUT2D eigenvalue weighted by Crippen LogP contribution is 2.20. The van der Waals surface area contributed by atoms with Crippen LogP contribution in [0.25, 0.3) is 0 Å². The first kappa shape index (κ1) is 8.93. The molecular weight excluding hydrogens is 148 g/mol. The minimum atomic E-state index is -0.807. The maximum atomic E-state index is 9.39. The van der Waals surface area contributed by atoms with Gasteiger partial charge in [-0.15, -0.1) is 0 Å². The summed E-state index contributed by atoms with van der Waals surface area (Å²) in [7, 11) is 1.51. The number of rotatable bonds is 1. The van der Waals surface area contributed by atoms with E-state index in [9.17, 15) is 5.11 Å². The summed E-state index contributed by atoms with van der Waals surface area (Å²) in [6.07, 6.45) is -1.78. The van der Waals surface area contributed by atoms with Crippen LogP contribution in [0.3, 0.4) is 0 Å². The van der Waals surface area contributed by atoms with E-state index in [0.717, 1.165) is 0 Å². The van der Waals surface area contributed by atoms with Crippen molar-refractivity contribution in [3.63, 3.8) is 0 Å². The van der Waals surface area contributed by atoms with Gasteiger partial charge in [-0.25, -0.2) is 0 Å². The Morgan fingerprint density at radius 2 is 2.09 bits per heavy atom. The molecule has 0 radical (unpaired) electrons. The van der Waals surface area contributed by atoms with Crippen LogP contribution in [0.1, 0.15) is 13.3 Å². The van der Waals surface area contributed by atoms with Crippen molar-refractivity contribution in [3.05, 3.63) is 0 Å². The van der Waals surface area contributed by atoms with Crippen LogP contribution in [0.4, 0.5) is 0 Å². The van der Waals surface area contributed by atoms with Crippen LogP contribution in [-0.2, 0) is 9.47 Å². The zero-order valence-electron chi connectivity index (χ0n) is 6.73. The van der Waals surface area contributed by atoms with Crippen LogP contribution in [0.5, 0.6) is 0 Å². The number of methoxy groups -OCH3 is 1. The Bertz CT molecular complexity index is 128. The molecule has 4 nitrogen and oxygen atoms in total. The second kappa shape index (κ2) is 3.49. The molecule has 0 aliphatic carbocycles. The molecule has 4 heteroatoms. The van der Waals surface area contributed by atoms with Crippen molar-refractivity contribution in [2.75, 3.05) is 7.11 Å². The molecule has 2 N–H and O–H groups in total. The highest BCUT2D eigenvalue weighted by molar-refractivity contribution is 4.80. The van der Waals surface area contributed by atoms with E-state index in [0.29, 0.717) is 6.42 Å². The van der Waals surface area contributed by atoms with E-state index in [4.69, 9.17) is 14.6 Å². The average Bonchev–Trinajstić information content (AvgIpc) is 1.96. The number of ether oxygens (including phenoxy) is 2. The van der Waals surface area contributed by atoms with Crippen LogP contribution < -0.4 is 0 Å². The first-order valence-electron chi connectivity index (χ1n) is 3.69. The van der Waals surface area contributed by atoms with E-state index < -0.39 is 12.4 Å². The second-order valence-electron chi connectivity index (χ2n) is 2.80. The van der Waals surface area contributed by atoms with Crippen molar-refractivity contribution in [1.29, 1.82) is 0 Å². The molecular formula is C7H14O4. The molecule has 1 saturated heterocycles. The predicted molar refractivity (Wildman–Crippen MR) is 38.0 cm³/mol. The molecule has 4 atom stereocenters. The summed E-state index contributed by atoms with van der Waals surface area (Å²) in [5.41, 5.74) is 0. The van der Waals surface area contributed by atoms with E-state index in [1.807, 2.05) is 0 Å². The van der Waals surface area contributed by atoms with Gasteiger partial charge in [0.1, 0.15) is 6.10 Å². The molecule has 1 rings (SSSR count). The second-order valence-corrected chi connectivity index (χ2v) is 2.80. The molecule has 1 aliphatic heterocycles. The number of hydrogen-bond acceptors (Lipinski definition) is 4. The van der Waals surface area contributed by atoms with Crippen molar-refractivity contribution in [3.8, 4) is 0 Å². The quantitative estimate of drug-likeness (QED) is 0.545. The van der Waals surface area contributed by atoms with Gasteiger partial charge in [-0.3, -0.25) is 0 Å². The Hall–Kier alpha value is -0.160. The lowest BCUT2D eigenvalue weighted by atomic mass is 10.0. The highest BCUT2D eigenvalue weighted by atomic mass is 16.6. The first-order valence-corrected chi connectivity index (χ1v) is 3.69. The fourth-order valence-corrected chi connectivity index (χ4v) is 1.26. The largest absolute Gasteiger partial charge is 0.388 e. The van der Waals surface area contributed by atoms with Crippen LogP contribution >= 0.6 is 0 Å². The summed E-state index contributed by atoms with van der Waals surface area (Å²) < 4.78 is 9.91. The van der Waals surface area contributed by atoms with Crippen LogP contribution in [-0.4, -0.2) is 41.9 Å². The normalized spacial score (nSPS) is 45.8. The van der Waals surface area contributed by atoms with E-state index in [1.165, 1.54) is 7.11 Å². The molecule has 0 aromatic rings. The van der Waals surface area contributed by atoms with Crippen LogP contribution in [0.15, 0.2) is 0 Å². The summed E-state index contributed by atoms with van der Waals surface area (Å²) in [6.45, 7) is 1.71. The summed E-state index contributed by atoms with van der Waals surface area (Å²) in [5.74, 6) is 0. The highest BCUT2D eigenvalue weighted by Gasteiger charge is 2.34. The summed E-state index contributed by atoms with van der Waals surface area (Å²) in [4.78, 5) is 0. The van der Waals surface area contributed by atoms with Gasteiger partial charge in [0.25, 0.3) is 0 Å². The lowest BCUT2D eigenvalue weighted by Crippen LogP contribution is -2.47. The molecule has 0 aromatic carbocycles. The van der Waals surface area contributed by atoms with Crippen molar-refractivity contribution < 1.29 is 19.7 Å². The third kappa shape index (κ3) is 1.90. The molecule has 0 bridgehead atoms. The van der Waals surface area contributed by atoms with Crippen molar-refractivity contribution >= 4 is 0 Å². The van der Waals surface area contributed by atoms with Crippen molar-refractivity contribution in [2.24, 2.45) is 0 Å². The molecule has 0 spiro atoms. The zero-order chi connectivity index (χ0) is 8.43. The van der Waals surface area contributed by atoms with E-state index in [-0.39, 0.29) is 12.2 Å². The van der Waals surface area contributed by atoms with Crippen LogP contribution in [0, 0.1) is 0 Å². The minimum absolute atomic E-state index is 0.311. The summed E-state index contributed by atoms with van der Waals surface area (Å²) >= 11 is 0. The fourth-order valence-electron chi connectivity index (χ4n) is 1.26. The molecule has 1 fully saturated rings. The Labute approximate surface area is 65.7 Å². The third-order valence-electron chi connectivity index (χ3n) is 1.97. The van der Waals surface area contributed by atoms with E-state index >= 15 is 0 Å². The number of hydrogen-bond donors (Lipinski definition) is 2. The molecule has 11 heavy (non-hydrogen) atoms. The Kier molecular flexibility index (Phi) is 2.84. The number of aliphatic hydroxyl groups excluding tert-OH is 2. The molecule has 1 heterocycles. The van der Waals surface area contributed by atoms with Gasteiger partial charge in [0.15, 0.2) is 6.29 Å². The van der Waals surface area contributed by atoms with E-state index in [2.05, 4.69) is 0 Å². The van der Waals surface area contributed by atoms with Crippen molar-refractivity contribution in [1.82, 2.24) is 0 Å². The average molecular weight is 162 g/mol. The smallest absolute Gasteiger partial charge is 0.157 e. The van der Waals surface area contributed by atoms with Gasteiger partial charge in [-0.1, -0.05) is 0 Å². The Morgan fingerprint density at radius 3 is 2.64 bits per heavy atom. The van der Waals surface area contributed by atoms with Gasteiger partial charge < -0.3 is 19.7 Å². The molecule has 1 aliphatic rings. The minimum Gasteiger partial charge on any atom is -0.388 e. The summed E-state index contributed by atoms with van der Waals surface area (Å²) in [6, 6.07) is 0. The number of aliphatic hydroxyl groups is 2. The van der Waals surface area contributed by atoms with Gasteiger partial charge in [-0.05, 0) is 6.92 Å². The van der Waals surface area contributed by atoms with Crippen molar-refractivity contribution in [2.45, 2.75) is 37.9 Å². The van der Waals surface area contributed by atoms with Gasteiger partial charge in [0, 0.05) is 13.5 Å². The predicted octanol–water partition coefficient (Wildman–Crippen LogP) is -0.510. The molecule has 0 amide bonds. The zero-order valence-corrected chi connectivity index (χ0v) is 6.73. The summed E-state index contributed by atoms with van der Waals surface area (Å²) in [5, 5.41) is 18.5. The Balaban J connectivity index is 2.51. The molecule has 0 aromatic heterocycles. The topological polar surface area (TPSA) is 58.9 Å². The molecule has 66 valence electrons. The van der Waals surface area contributed by atoms with Gasteiger partial charge in [-0.2, -0.15) is 0 Å². The Morgan fingerprint density at radius 1 is 1.45 bits per heavy atom. The SMILES string of the molecule is COC1C[C@H](O)OC(C)C1O. The molecule has 3 unspecified atom stereocenters. The molecule has 0 saturated carbocycles. The lowest BCUT2D eigenvalue weighted by molar-refractivity contribution is -0.231. The van der Waals surface area contributed by atoms with Gasteiger partial charge in [0.05, 0.1) is 12.2 Å². The fraction of sp³-hybridized carbons (Fsp3) is 1.00. The lowest BCUT2D eigenvalue weighted by Gasteiger charge is -2.34. The van der Waals surface area contributed by atoms with E-state index in [1.54, 1.807) is 6.92 Å². The first-order chi connectivity index (χ1) is 5.15. The monoisotopic (exact) mass is 162 g/mol. The maximum Gasteiger partial charge on any atom is 0.157 e. The van der Waals surface area contributed by atoms with Crippen LogP contribution in [0.2, 0.25) is 0 Å². The standard InChI is InChI=1S/C7H14O4/c1-4-7(9)5(10-2)3-6(8)11-4/h4-9H,3H2,1-2H3/t4?,5?,6-,7?/m1/s1. The third-order valence-corrected chi connectivity index (χ3v) is 1.97. The van der Waals surface area contributed by atoms with Gasteiger partial charge >= 0.3 is 0 Å². The van der Waals surface area contributed by atoms with Gasteiger partial charge in [0.2, 0.25) is 0 Å². The maximum absolute atomic E-state index is 9.39.